The lowest BCUT2D eigenvalue weighted by atomic mass is 10.1. The van der Waals surface area contributed by atoms with Crippen LogP contribution in [0.15, 0.2) is 41.2 Å². The fraction of sp³-hybridized carbons (Fsp3) is 0.125. The number of aromatic nitrogens is 2. The van der Waals surface area contributed by atoms with Gasteiger partial charge in [-0.15, -0.1) is 0 Å². The van der Waals surface area contributed by atoms with E-state index in [0.29, 0.717) is 21.6 Å². The molecule has 106 valence electrons. The van der Waals surface area contributed by atoms with Crippen molar-refractivity contribution in [2.45, 2.75) is 13.8 Å². The molecule has 0 spiro atoms. The Morgan fingerprint density at radius 2 is 1.76 bits per heavy atom. The molecule has 0 N–H and O–H groups in total. The third-order valence-corrected chi connectivity index (χ3v) is 4.19. The second kappa shape index (κ2) is 5.17. The summed E-state index contributed by atoms with van der Waals surface area (Å²) in [6.45, 7) is 3.87. The number of fused-ring (bicyclic) bond motifs is 1. The van der Waals surface area contributed by atoms with Crippen LogP contribution in [0.5, 0.6) is 0 Å². The Morgan fingerprint density at radius 1 is 1.05 bits per heavy atom. The molecule has 0 unspecified atom stereocenters. The Balaban J connectivity index is 2.48. The third kappa shape index (κ3) is 2.23. The monoisotopic (exact) mass is 318 g/mol. The minimum Gasteiger partial charge on any atom is -0.268 e. The molecule has 3 rings (SSSR count). The van der Waals surface area contributed by atoms with Crippen LogP contribution >= 0.6 is 23.2 Å². The summed E-state index contributed by atoms with van der Waals surface area (Å²) in [5.41, 5.74) is 2.86. The topological polar surface area (TPSA) is 34.9 Å². The van der Waals surface area contributed by atoms with Crippen LogP contribution in [-0.2, 0) is 0 Å². The highest BCUT2D eigenvalue weighted by molar-refractivity contribution is 6.33. The van der Waals surface area contributed by atoms with Gasteiger partial charge in [-0.3, -0.25) is 4.79 Å². The molecule has 0 bridgehead atoms. The van der Waals surface area contributed by atoms with Crippen molar-refractivity contribution in [2.75, 3.05) is 0 Å². The smallest absolute Gasteiger partial charge is 0.267 e. The molecule has 21 heavy (non-hydrogen) atoms. The molecule has 0 aliphatic rings. The number of hydrogen-bond acceptors (Lipinski definition) is 2. The van der Waals surface area contributed by atoms with Gasteiger partial charge in [-0.05, 0) is 54.8 Å². The van der Waals surface area contributed by atoms with E-state index in [1.54, 1.807) is 24.3 Å². The summed E-state index contributed by atoms with van der Waals surface area (Å²) in [6, 6.07) is 10.8. The van der Waals surface area contributed by atoms with E-state index in [0.717, 1.165) is 11.1 Å². The largest absolute Gasteiger partial charge is 0.268 e. The zero-order valence-corrected chi connectivity index (χ0v) is 13.0. The Morgan fingerprint density at radius 3 is 2.48 bits per heavy atom. The van der Waals surface area contributed by atoms with E-state index < -0.39 is 0 Å². The van der Waals surface area contributed by atoms with Gasteiger partial charge in [0.1, 0.15) is 0 Å². The maximum absolute atomic E-state index is 12.9. The number of hydrogen-bond donors (Lipinski definition) is 0. The van der Waals surface area contributed by atoms with Crippen LogP contribution in [0.25, 0.3) is 16.6 Å². The van der Waals surface area contributed by atoms with E-state index in [9.17, 15) is 4.79 Å². The van der Waals surface area contributed by atoms with Gasteiger partial charge in [-0.2, -0.15) is 0 Å². The van der Waals surface area contributed by atoms with Crippen LogP contribution in [0.2, 0.25) is 10.3 Å². The fourth-order valence-corrected chi connectivity index (χ4v) is 2.83. The van der Waals surface area contributed by atoms with Crippen LogP contribution in [0.1, 0.15) is 11.1 Å². The first-order valence-electron chi connectivity index (χ1n) is 6.44. The van der Waals surface area contributed by atoms with E-state index in [-0.39, 0.29) is 10.8 Å². The van der Waals surface area contributed by atoms with Gasteiger partial charge in [0.05, 0.1) is 21.6 Å². The number of benzene rings is 2. The number of aryl methyl sites for hydroxylation is 2. The number of rotatable bonds is 1. The Hall–Kier alpha value is -1.84. The molecule has 0 aliphatic heterocycles. The van der Waals surface area contributed by atoms with Crippen molar-refractivity contribution >= 4 is 34.1 Å². The lowest BCUT2D eigenvalue weighted by molar-refractivity contribution is 0.962. The van der Waals surface area contributed by atoms with Crippen molar-refractivity contribution in [3.8, 4) is 5.69 Å². The molecule has 5 heteroatoms. The lowest BCUT2D eigenvalue weighted by Crippen LogP contribution is -2.21. The van der Waals surface area contributed by atoms with Gasteiger partial charge in [0, 0.05) is 0 Å². The highest BCUT2D eigenvalue weighted by atomic mass is 35.5. The molecule has 0 aliphatic carbocycles. The fourth-order valence-electron chi connectivity index (χ4n) is 2.35. The highest BCUT2D eigenvalue weighted by Crippen LogP contribution is 2.24. The Kier molecular flexibility index (Phi) is 3.47. The van der Waals surface area contributed by atoms with Gasteiger partial charge in [-0.25, -0.2) is 9.55 Å². The van der Waals surface area contributed by atoms with E-state index in [4.69, 9.17) is 23.2 Å². The molecular formula is C16H12Cl2N2O. The number of halogens is 2. The molecule has 1 heterocycles. The van der Waals surface area contributed by atoms with Crippen molar-refractivity contribution < 1.29 is 0 Å². The predicted molar refractivity (Wildman–Crippen MR) is 86.8 cm³/mol. The van der Waals surface area contributed by atoms with Gasteiger partial charge in [0.25, 0.3) is 5.56 Å². The third-order valence-electron chi connectivity index (χ3n) is 3.62. The molecular weight excluding hydrogens is 307 g/mol. The molecule has 3 aromatic rings. The molecule has 2 aromatic carbocycles. The minimum atomic E-state index is -0.209. The zero-order valence-electron chi connectivity index (χ0n) is 11.5. The first-order chi connectivity index (χ1) is 10.0. The number of para-hydroxylation sites is 1. The van der Waals surface area contributed by atoms with Gasteiger partial charge < -0.3 is 0 Å². The van der Waals surface area contributed by atoms with Crippen LogP contribution in [0.3, 0.4) is 0 Å². The Labute approximate surface area is 131 Å². The van der Waals surface area contributed by atoms with E-state index in [1.165, 1.54) is 4.57 Å². The molecule has 1 aromatic heterocycles. The number of nitrogens with zero attached hydrogens (tertiary/aromatic N) is 2. The molecule has 0 radical (unpaired) electrons. The summed E-state index contributed by atoms with van der Waals surface area (Å²) in [4.78, 5) is 17.2. The van der Waals surface area contributed by atoms with E-state index in [1.807, 2.05) is 26.0 Å². The maximum Gasteiger partial charge on any atom is 0.267 e. The van der Waals surface area contributed by atoms with Crippen LogP contribution in [-0.4, -0.2) is 9.55 Å². The minimum absolute atomic E-state index is 0.101. The van der Waals surface area contributed by atoms with Crippen LogP contribution < -0.4 is 5.56 Å². The summed E-state index contributed by atoms with van der Waals surface area (Å²) in [5.74, 6) is 0. The second-order valence-electron chi connectivity index (χ2n) is 4.87. The maximum atomic E-state index is 12.9. The van der Waals surface area contributed by atoms with Crippen molar-refractivity contribution in [1.82, 2.24) is 9.55 Å². The normalized spacial score (nSPS) is 11.0. The quantitative estimate of drug-likeness (QED) is 0.627. The van der Waals surface area contributed by atoms with Crippen molar-refractivity contribution in [2.24, 2.45) is 0 Å². The second-order valence-corrected chi connectivity index (χ2v) is 5.62. The standard InChI is InChI=1S/C16H12Cl2N2O/c1-9-7-8-12-14(10(9)2)15(21)20(16(18)19-12)13-6-4-3-5-11(13)17/h3-8H,1-2H3. The predicted octanol–water partition coefficient (Wildman–Crippen LogP) is 4.31. The molecule has 3 nitrogen and oxygen atoms in total. The van der Waals surface area contributed by atoms with Crippen molar-refractivity contribution in [1.29, 1.82) is 0 Å². The SMILES string of the molecule is Cc1ccc2nc(Cl)n(-c3ccccc3Cl)c(=O)c2c1C. The van der Waals surface area contributed by atoms with Gasteiger partial charge in [0.15, 0.2) is 0 Å². The summed E-state index contributed by atoms with van der Waals surface area (Å²) in [7, 11) is 0. The molecule has 0 saturated heterocycles. The van der Waals surface area contributed by atoms with Crippen LogP contribution in [0, 0.1) is 13.8 Å². The molecule has 0 amide bonds. The molecule has 0 saturated carbocycles. The average Bonchev–Trinajstić information content (AvgIpc) is 2.44. The first kappa shape index (κ1) is 14.1. The van der Waals surface area contributed by atoms with Gasteiger partial charge in [-0.1, -0.05) is 29.8 Å². The van der Waals surface area contributed by atoms with E-state index >= 15 is 0 Å². The van der Waals surface area contributed by atoms with Crippen molar-refractivity contribution in [3.05, 3.63) is 68.2 Å². The summed E-state index contributed by atoms with van der Waals surface area (Å²) in [6.07, 6.45) is 0. The van der Waals surface area contributed by atoms with Crippen molar-refractivity contribution in [3.63, 3.8) is 0 Å². The molecule has 0 atom stereocenters. The average molecular weight is 319 g/mol. The van der Waals surface area contributed by atoms with Gasteiger partial charge in [0.2, 0.25) is 5.28 Å². The summed E-state index contributed by atoms with van der Waals surface area (Å²) in [5, 5.41) is 1.12. The summed E-state index contributed by atoms with van der Waals surface area (Å²) < 4.78 is 1.35. The van der Waals surface area contributed by atoms with Gasteiger partial charge >= 0.3 is 0 Å². The first-order valence-corrected chi connectivity index (χ1v) is 7.19. The zero-order chi connectivity index (χ0) is 15.1. The van der Waals surface area contributed by atoms with Crippen LogP contribution in [0.4, 0.5) is 0 Å². The lowest BCUT2D eigenvalue weighted by Gasteiger charge is -2.12. The Bertz CT molecular complexity index is 916. The highest BCUT2D eigenvalue weighted by Gasteiger charge is 2.15. The molecule has 0 fully saturated rings. The van der Waals surface area contributed by atoms with E-state index in [2.05, 4.69) is 4.98 Å². The summed E-state index contributed by atoms with van der Waals surface area (Å²) >= 11 is 12.4.